The second kappa shape index (κ2) is 7.23. The lowest BCUT2D eigenvalue weighted by molar-refractivity contribution is 0.0357. The van der Waals surface area contributed by atoms with E-state index in [2.05, 4.69) is 42.2 Å². The Hall–Kier alpha value is -2.14. The third-order valence-corrected chi connectivity index (χ3v) is 5.16. The van der Waals surface area contributed by atoms with Gasteiger partial charge >= 0.3 is 0 Å². The largest absolute Gasteiger partial charge is 0.390 e. The first kappa shape index (κ1) is 18.6. The molecule has 0 radical (unpaired) electrons. The molecule has 0 bridgehead atoms. The summed E-state index contributed by atoms with van der Waals surface area (Å²) in [6.45, 7) is 9.30. The molecule has 0 aliphatic carbocycles. The SMILES string of the molecule is Cc1ccc(-c2cc(C(=O)N3CCC(CC(C)(C)O)CC3)[nH]n2)c(C)c1. The van der Waals surface area contributed by atoms with Gasteiger partial charge in [-0.05, 0) is 64.5 Å². The van der Waals surface area contributed by atoms with E-state index in [1.54, 1.807) is 0 Å². The van der Waals surface area contributed by atoms with E-state index in [9.17, 15) is 9.90 Å². The number of aliphatic hydroxyl groups is 1. The van der Waals surface area contributed by atoms with Crippen molar-refractivity contribution in [1.82, 2.24) is 15.1 Å². The van der Waals surface area contributed by atoms with Crippen LogP contribution in [-0.4, -0.2) is 44.8 Å². The van der Waals surface area contributed by atoms with Crippen LogP contribution in [-0.2, 0) is 0 Å². The zero-order chi connectivity index (χ0) is 18.9. The van der Waals surface area contributed by atoms with Crippen molar-refractivity contribution in [2.24, 2.45) is 5.92 Å². The number of aromatic amines is 1. The topological polar surface area (TPSA) is 69.2 Å². The van der Waals surface area contributed by atoms with E-state index in [1.165, 1.54) is 5.56 Å². The van der Waals surface area contributed by atoms with Gasteiger partial charge in [0.25, 0.3) is 5.91 Å². The van der Waals surface area contributed by atoms with Gasteiger partial charge in [-0.3, -0.25) is 9.89 Å². The summed E-state index contributed by atoms with van der Waals surface area (Å²) in [6, 6.07) is 8.09. The van der Waals surface area contributed by atoms with Crippen LogP contribution < -0.4 is 0 Å². The molecule has 0 spiro atoms. The van der Waals surface area contributed by atoms with Gasteiger partial charge in [0.1, 0.15) is 5.69 Å². The summed E-state index contributed by atoms with van der Waals surface area (Å²) >= 11 is 0. The molecule has 0 unspecified atom stereocenters. The summed E-state index contributed by atoms with van der Waals surface area (Å²) in [4.78, 5) is 14.7. The second-order valence-corrected chi connectivity index (χ2v) is 8.24. The highest BCUT2D eigenvalue weighted by atomic mass is 16.3. The average molecular weight is 355 g/mol. The van der Waals surface area contributed by atoms with E-state index in [1.807, 2.05) is 24.8 Å². The van der Waals surface area contributed by atoms with E-state index in [4.69, 9.17) is 0 Å². The number of likely N-dealkylation sites (tertiary alicyclic amines) is 1. The Kier molecular flexibility index (Phi) is 5.19. The zero-order valence-corrected chi connectivity index (χ0v) is 16.2. The number of nitrogens with one attached hydrogen (secondary N) is 1. The fourth-order valence-corrected chi connectivity index (χ4v) is 3.89. The van der Waals surface area contributed by atoms with Crippen LogP contribution in [0.15, 0.2) is 24.3 Å². The lowest BCUT2D eigenvalue weighted by atomic mass is 9.86. The fourth-order valence-electron chi connectivity index (χ4n) is 3.89. The molecule has 1 aromatic heterocycles. The molecule has 2 heterocycles. The van der Waals surface area contributed by atoms with Crippen LogP contribution in [0.5, 0.6) is 0 Å². The fraction of sp³-hybridized carbons (Fsp3) is 0.524. The normalized spacial score (nSPS) is 16.1. The predicted octanol–water partition coefficient (Wildman–Crippen LogP) is 3.71. The van der Waals surface area contributed by atoms with Crippen LogP contribution in [0.25, 0.3) is 11.3 Å². The van der Waals surface area contributed by atoms with Gasteiger partial charge in [-0.1, -0.05) is 23.8 Å². The van der Waals surface area contributed by atoms with Crippen LogP contribution >= 0.6 is 0 Å². The predicted molar refractivity (Wildman–Crippen MR) is 103 cm³/mol. The number of benzene rings is 1. The summed E-state index contributed by atoms with van der Waals surface area (Å²) in [7, 11) is 0. The van der Waals surface area contributed by atoms with Gasteiger partial charge in [-0.15, -0.1) is 0 Å². The number of H-pyrrole nitrogens is 1. The van der Waals surface area contributed by atoms with Crippen LogP contribution in [0.1, 0.15) is 54.7 Å². The lowest BCUT2D eigenvalue weighted by Gasteiger charge is -2.34. The van der Waals surface area contributed by atoms with Gasteiger partial charge in [0.2, 0.25) is 0 Å². The molecular formula is C21H29N3O2. The number of carbonyl (C=O) groups excluding carboxylic acids is 1. The quantitative estimate of drug-likeness (QED) is 0.878. The number of carbonyl (C=O) groups is 1. The number of hydrogen-bond donors (Lipinski definition) is 2. The minimum absolute atomic E-state index is 0.00947. The molecule has 1 saturated heterocycles. The molecule has 0 atom stereocenters. The van der Waals surface area contributed by atoms with Crippen molar-refractivity contribution in [3.63, 3.8) is 0 Å². The standard InChI is InChI=1S/C21H29N3O2/c1-14-5-6-17(15(2)11-14)18-12-19(23-22-18)20(25)24-9-7-16(8-10-24)13-21(3,4)26/h5-6,11-12,16,26H,7-10,13H2,1-4H3,(H,22,23). The molecule has 2 aromatic rings. The molecule has 5 nitrogen and oxygen atoms in total. The first-order valence-corrected chi connectivity index (χ1v) is 9.37. The van der Waals surface area contributed by atoms with Crippen LogP contribution in [0, 0.1) is 19.8 Å². The maximum Gasteiger partial charge on any atom is 0.271 e. The highest BCUT2D eigenvalue weighted by Gasteiger charge is 2.28. The number of nitrogens with zero attached hydrogens (tertiary/aromatic N) is 2. The highest BCUT2D eigenvalue weighted by Crippen LogP contribution is 2.27. The van der Waals surface area contributed by atoms with Crippen molar-refractivity contribution in [3.8, 4) is 11.3 Å². The van der Waals surface area contributed by atoms with Crippen LogP contribution in [0.3, 0.4) is 0 Å². The van der Waals surface area contributed by atoms with E-state index >= 15 is 0 Å². The molecule has 1 aliphatic heterocycles. The van der Waals surface area contributed by atoms with Gasteiger partial charge in [-0.25, -0.2) is 0 Å². The molecular weight excluding hydrogens is 326 g/mol. The van der Waals surface area contributed by atoms with E-state index in [0.29, 0.717) is 11.6 Å². The first-order chi connectivity index (χ1) is 12.2. The molecule has 2 N–H and O–H groups in total. The number of hydrogen-bond acceptors (Lipinski definition) is 3. The van der Waals surface area contributed by atoms with Crippen molar-refractivity contribution in [2.75, 3.05) is 13.1 Å². The monoisotopic (exact) mass is 355 g/mol. The molecule has 0 saturated carbocycles. The number of rotatable bonds is 4. The number of aryl methyl sites for hydroxylation is 2. The summed E-state index contributed by atoms with van der Waals surface area (Å²) in [5.74, 6) is 0.488. The Morgan fingerprint density at radius 1 is 1.27 bits per heavy atom. The van der Waals surface area contributed by atoms with Crippen molar-refractivity contribution in [2.45, 2.75) is 52.6 Å². The molecule has 1 amide bonds. The van der Waals surface area contributed by atoms with E-state index < -0.39 is 5.60 Å². The second-order valence-electron chi connectivity index (χ2n) is 8.24. The minimum Gasteiger partial charge on any atom is -0.390 e. The van der Waals surface area contributed by atoms with Gasteiger partial charge in [0.15, 0.2) is 0 Å². The zero-order valence-electron chi connectivity index (χ0n) is 16.2. The number of aromatic nitrogens is 2. The molecule has 1 aromatic carbocycles. The van der Waals surface area contributed by atoms with Gasteiger partial charge in [0, 0.05) is 18.7 Å². The summed E-state index contributed by atoms with van der Waals surface area (Å²) in [5, 5.41) is 17.2. The highest BCUT2D eigenvalue weighted by molar-refractivity contribution is 5.93. The minimum atomic E-state index is -0.638. The van der Waals surface area contributed by atoms with E-state index in [-0.39, 0.29) is 5.91 Å². The van der Waals surface area contributed by atoms with Crippen molar-refractivity contribution in [1.29, 1.82) is 0 Å². The van der Waals surface area contributed by atoms with Gasteiger partial charge in [0.05, 0.1) is 11.3 Å². The smallest absolute Gasteiger partial charge is 0.271 e. The Morgan fingerprint density at radius 3 is 2.58 bits per heavy atom. The Labute approximate surface area is 155 Å². The van der Waals surface area contributed by atoms with Crippen molar-refractivity contribution < 1.29 is 9.90 Å². The third kappa shape index (κ3) is 4.33. The first-order valence-electron chi connectivity index (χ1n) is 9.37. The van der Waals surface area contributed by atoms with Crippen LogP contribution in [0.4, 0.5) is 0 Å². The summed E-state index contributed by atoms with van der Waals surface area (Å²) in [6.07, 6.45) is 2.66. The molecule has 26 heavy (non-hydrogen) atoms. The molecule has 5 heteroatoms. The Balaban J connectivity index is 1.66. The summed E-state index contributed by atoms with van der Waals surface area (Å²) < 4.78 is 0. The van der Waals surface area contributed by atoms with Gasteiger partial charge < -0.3 is 10.0 Å². The Bertz CT molecular complexity index is 781. The molecule has 140 valence electrons. The van der Waals surface area contributed by atoms with E-state index in [0.717, 1.165) is 49.2 Å². The van der Waals surface area contributed by atoms with Gasteiger partial charge in [-0.2, -0.15) is 5.10 Å². The summed E-state index contributed by atoms with van der Waals surface area (Å²) in [5.41, 5.74) is 4.13. The number of piperidine rings is 1. The van der Waals surface area contributed by atoms with Crippen molar-refractivity contribution in [3.05, 3.63) is 41.1 Å². The lowest BCUT2D eigenvalue weighted by Crippen LogP contribution is -2.40. The molecule has 3 rings (SSSR count). The van der Waals surface area contributed by atoms with Crippen LogP contribution in [0.2, 0.25) is 0 Å². The van der Waals surface area contributed by atoms with Crippen molar-refractivity contribution >= 4 is 5.91 Å². The molecule has 1 aliphatic rings. The Morgan fingerprint density at radius 2 is 1.96 bits per heavy atom. The average Bonchev–Trinajstić information content (AvgIpc) is 3.03. The maximum atomic E-state index is 12.8. The molecule has 1 fully saturated rings. The maximum absolute atomic E-state index is 12.8. The third-order valence-electron chi connectivity index (χ3n) is 5.16. The number of amides is 1.